The van der Waals surface area contributed by atoms with Crippen molar-refractivity contribution in [1.82, 2.24) is 4.98 Å². The minimum absolute atomic E-state index is 0.174. The molecular formula is C14H16N2O3. The molecule has 0 aliphatic carbocycles. The van der Waals surface area contributed by atoms with E-state index in [1.807, 2.05) is 24.3 Å². The zero-order chi connectivity index (χ0) is 13.8. The Morgan fingerprint density at radius 1 is 1.37 bits per heavy atom. The molecule has 5 heteroatoms. The van der Waals surface area contributed by atoms with E-state index in [0.29, 0.717) is 5.89 Å². The second kappa shape index (κ2) is 5.67. The molecule has 5 nitrogen and oxygen atoms in total. The predicted octanol–water partition coefficient (Wildman–Crippen LogP) is 2.62. The minimum Gasteiger partial charge on any atom is -0.449 e. The highest BCUT2D eigenvalue weighted by Crippen LogP contribution is 2.20. The molecule has 2 aromatic rings. The quantitative estimate of drug-likeness (QED) is 0.917. The van der Waals surface area contributed by atoms with E-state index in [1.54, 1.807) is 20.1 Å². The predicted molar refractivity (Wildman–Crippen MR) is 71.8 cm³/mol. The van der Waals surface area contributed by atoms with Crippen LogP contribution >= 0.6 is 0 Å². The molecule has 0 radical (unpaired) electrons. The van der Waals surface area contributed by atoms with Crippen molar-refractivity contribution in [2.75, 3.05) is 12.4 Å². The highest BCUT2D eigenvalue weighted by Gasteiger charge is 2.11. The van der Waals surface area contributed by atoms with Gasteiger partial charge in [-0.3, -0.25) is 4.79 Å². The average Bonchev–Trinajstić information content (AvgIpc) is 2.85. The number of aromatic nitrogens is 1. The molecule has 2 rings (SSSR count). The normalized spacial score (nSPS) is 12.2. The summed E-state index contributed by atoms with van der Waals surface area (Å²) in [6.45, 7) is 3.49. The van der Waals surface area contributed by atoms with Gasteiger partial charge >= 0.3 is 0 Å². The Balaban J connectivity index is 2.08. The first-order valence-corrected chi connectivity index (χ1v) is 5.96. The lowest BCUT2D eigenvalue weighted by atomic mass is 10.1. The Morgan fingerprint density at radius 2 is 2.05 bits per heavy atom. The number of methoxy groups -OCH3 is 1. The van der Waals surface area contributed by atoms with Crippen molar-refractivity contribution in [3.05, 3.63) is 36.4 Å². The SMILES string of the molecule is COC(C)C(=O)Nc1ccc(-c2coc(C)n2)cc1. The number of aryl methyl sites for hydroxylation is 1. The molecule has 0 aliphatic rings. The zero-order valence-electron chi connectivity index (χ0n) is 11.1. The summed E-state index contributed by atoms with van der Waals surface area (Å²) in [7, 11) is 1.50. The van der Waals surface area contributed by atoms with Crippen LogP contribution in [0, 0.1) is 6.92 Å². The van der Waals surface area contributed by atoms with Crippen LogP contribution in [0.2, 0.25) is 0 Å². The van der Waals surface area contributed by atoms with Crippen LogP contribution < -0.4 is 5.32 Å². The number of carbonyl (C=O) groups excluding carboxylic acids is 1. The number of hydrogen-bond donors (Lipinski definition) is 1. The monoisotopic (exact) mass is 260 g/mol. The van der Waals surface area contributed by atoms with Crippen molar-refractivity contribution in [3.63, 3.8) is 0 Å². The second-order valence-corrected chi connectivity index (χ2v) is 4.20. The molecule has 0 saturated heterocycles. The summed E-state index contributed by atoms with van der Waals surface area (Å²) < 4.78 is 10.1. The molecular weight excluding hydrogens is 244 g/mol. The van der Waals surface area contributed by atoms with Gasteiger partial charge in [0.15, 0.2) is 5.89 Å². The van der Waals surface area contributed by atoms with Crippen LogP contribution in [0.5, 0.6) is 0 Å². The Hall–Kier alpha value is -2.14. The van der Waals surface area contributed by atoms with E-state index in [2.05, 4.69) is 10.3 Å². The van der Waals surface area contributed by atoms with Crippen LogP contribution in [-0.4, -0.2) is 24.1 Å². The molecule has 19 heavy (non-hydrogen) atoms. The topological polar surface area (TPSA) is 64.4 Å². The molecule has 1 aromatic heterocycles. The number of rotatable bonds is 4. The second-order valence-electron chi connectivity index (χ2n) is 4.20. The van der Waals surface area contributed by atoms with Gasteiger partial charge in [-0.15, -0.1) is 0 Å². The van der Waals surface area contributed by atoms with Crippen molar-refractivity contribution in [1.29, 1.82) is 0 Å². The molecule has 0 aliphatic heterocycles. The lowest BCUT2D eigenvalue weighted by molar-refractivity contribution is -0.124. The third-order valence-electron chi connectivity index (χ3n) is 2.79. The summed E-state index contributed by atoms with van der Waals surface area (Å²) in [6.07, 6.45) is 1.13. The molecule has 0 saturated carbocycles. The third kappa shape index (κ3) is 3.20. The van der Waals surface area contributed by atoms with Crippen LogP contribution in [0.15, 0.2) is 34.9 Å². The number of nitrogens with one attached hydrogen (secondary N) is 1. The van der Waals surface area contributed by atoms with Crippen molar-refractivity contribution in [2.45, 2.75) is 20.0 Å². The molecule has 100 valence electrons. The van der Waals surface area contributed by atoms with Gasteiger partial charge in [0.05, 0.1) is 0 Å². The third-order valence-corrected chi connectivity index (χ3v) is 2.79. The lowest BCUT2D eigenvalue weighted by Crippen LogP contribution is -2.26. The average molecular weight is 260 g/mol. The summed E-state index contributed by atoms with van der Waals surface area (Å²) >= 11 is 0. The number of hydrogen-bond acceptors (Lipinski definition) is 4. The van der Waals surface area contributed by atoms with Crippen LogP contribution in [0.25, 0.3) is 11.3 Å². The number of anilines is 1. The molecule has 1 atom stereocenters. The van der Waals surface area contributed by atoms with Gasteiger partial charge in [-0.2, -0.15) is 0 Å². The minimum atomic E-state index is -0.474. The van der Waals surface area contributed by atoms with Gasteiger partial charge < -0.3 is 14.5 Å². The smallest absolute Gasteiger partial charge is 0.253 e. The fourth-order valence-corrected chi connectivity index (χ4v) is 1.57. The zero-order valence-corrected chi connectivity index (χ0v) is 11.1. The molecule has 1 aromatic carbocycles. The maximum atomic E-state index is 11.6. The first-order valence-electron chi connectivity index (χ1n) is 5.96. The van der Waals surface area contributed by atoms with Gasteiger partial charge in [0.1, 0.15) is 18.1 Å². The molecule has 1 N–H and O–H groups in total. The van der Waals surface area contributed by atoms with Gasteiger partial charge in [-0.25, -0.2) is 4.98 Å². The van der Waals surface area contributed by atoms with Crippen molar-refractivity contribution >= 4 is 11.6 Å². The van der Waals surface area contributed by atoms with Crippen LogP contribution in [-0.2, 0) is 9.53 Å². The summed E-state index contributed by atoms with van der Waals surface area (Å²) in [5.41, 5.74) is 2.44. The van der Waals surface area contributed by atoms with E-state index in [9.17, 15) is 4.79 Å². The fraction of sp³-hybridized carbons (Fsp3) is 0.286. The maximum Gasteiger partial charge on any atom is 0.253 e. The Bertz CT molecular complexity index is 560. The van der Waals surface area contributed by atoms with Gasteiger partial charge in [0.2, 0.25) is 0 Å². The van der Waals surface area contributed by atoms with Crippen LogP contribution in [0.4, 0.5) is 5.69 Å². The first kappa shape index (κ1) is 13.3. The maximum absolute atomic E-state index is 11.6. The number of carbonyl (C=O) groups is 1. The Morgan fingerprint density at radius 3 is 2.58 bits per heavy atom. The van der Waals surface area contributed by atoms with Crippen LogP contribution in [0.1, 0.15) is 12.8 Å². The number of oxazole rings is 1. The lowest BCUT2D eigenvalue weighted by Gasteiger charge is -2.10. The molecule has 1 amide bonds. The van der Waals surface area contributed by atoms with E-state index in [1.165, 1.54) is 7.11 Å². The molecule has 1 heterocycles. The van der Waals surface area contributed by atoms with Gasteiger partial charge in [-0.1, -0.05) is 12.1 Å². The van der Waals surface area contributed by atoms with E-state index < -0.39 is 6.10 Å². The van der Waals surface area contributed by atoms with Crippen molar-refractivity contribution in [3.8, 4) is 11.3 Å². The van der Waals surface area contributed by atoms with Gasteiger partial charge in [0, 0.05) is 25.3 Å². The molecule has 0 fully saturated rings. The standard InChI is InChI=1S/C14H16N2O3/c1-9(18-3)14(17)16-12-6-4-11(5-7-12)13-8-19-10(2)15-13/h4-9H,1-3H3,(H,16,17). The Kier molecular flexibility index (Phi) is 3.97. The van der Waals surface area contributed by atoms with Gasteiger partial charge in [-0.05, 0) is 19.1 Å². The molecule has 0 spiro atoms. The number of amides is 1. The highest BCUT2D eigenvalue weighted by molar-refractivity contribution is 5.94. The summed E-state index contributed by atoms with van der Waals surface area (Å²) in [4.78, 5) is 15.9. The van der Waals surface area contributed by atoms with E-state index in [-0.39, 0.29) is 5.91 Å². The van der Waals surface area contributed by atoms with E-state index >= 15 is 0 Å². The highest BCUT2D eigenvalue weighted by atomic mass is 16.5. The van der Waals surface area contributed by atoms with Crippen LogP contribution in [0.3, 0.4) is 0 Å². The molecule has 0 bridgehead atoms. The van der Waals surface area contributed by atoms with Crippen molar-refractivity contribution < 1.29 is 13.9 Å². The van der Waals surface area contributed by atoms with Crippen molar-refractivity contribution in [2.24, 2.45) is 0 Å². The molecule has 1 unspecified atom stereocenters. The number of benzene rings is 1. The fourth-order valence-electron chi connectivity index (χ4n) is 1.57. The number of nitrogens with zero attached hydrogens (tertiary/aromatic N) is 1. The number of ether oxygens (including phenoxy) is 1. The first-order chi connectivity index (χ1) is 9.10. The van der Waals surface area contributed by atoms with E-state index in [4.69, 9.17) is 9.15 Å². The van der Waals surface area contributed by atoms with E-state index in [0.717, 1.165) is 16.9 Å². The Labute approximate surface area is 111 Å². The summed E-state index contributed by atoms with van der Waals surface area (Å²) in [5, 5.41) is 2.77. The largest absolute Gasteiger partial charge is 0.449 e. The van der Waals surface area contributed by atoms with Gasteiger partial charge in [0.25, 0.3) is 5.91 Å². The summed E-state index contributed by atoms with van der Waals surface area (Å²) in [6, 6.07) is 7.40. The summed E-state index contributed by atoms with van der Waals surface area (Å²) in [5.74, 6) is 0.453.